The molecule has 2 fully saturated rings. The molecule has 0 unspecified atom stereocenters. The van der Waals surface area contributed by atoms with Crippen molar-refractivity contribution < 1.29 is 9.53 Å². The third-order valence-corrected chi connectivity index (χ3v) is 4.88. The highest BCUT2D eigenvalue weighted by Gasteiger charge is 2.33. The van der Waals surface area contributed by atoms with Gasteiger partial charge in [0.15, 0.2) is 0 Å². The van der Waals surface area contributed by atoms with Crippen LogP contribution in [0, 0.1) is 18.8 Å². The topological polar surface area (TPSA) is 47.4 Å². The lowest BCUT2D eigenvalue weighted by atomic mass is 9.96. The second-order valence-corrected chi connectivity index (χ2v) is 7.02. The van der Waals surface area contributed by atoms with Gasteiger partial charge in [0.1, 0.15) is 5.82 Å². The molecule has 2 aliphatic heterocycles. The molecule has 0 N–H and O–H groups in total. The summed E-state index contributed by atoms with van der Waals surface area (Å²) in [6.45, 7) is 10.5. The van der Waals surface area contributed by atoms with Gasteiger partial charge >= 0.3 is 0 Å². The van der Waals surface area contributed by atoms with Crippen LogP contribution in [0.3, 0.4) is 0 Å². The predicted octanol–water partition coefficient (Wildman–Crippen LogP) is 2.20. The molecule has 0 aromatic carbocycles. The second-order valence-electron chi connectivity index (χ2n) is 7.02. The molecule has 0 saturated carbocycles. The van der Waals surface area contributed by atoms with Gasteiger partial charge in [-0.3, -0.25) is 4.79 Å². The molecule has 3 heterocycles. The van der Waals surface area contributed by atoms with Gasteiger partial charge in [-0.15, -0.1) is 0 Å². The Balaban J connectivity index is 1.62. The molecule has 1 aromatic heterocycles. The average Bonchev–Trinajstić information content (AvgIpc) is 2.83. The minimum absolute atomic E-state index is 0.105. The van der Waals surface area contributed by atoms with Crippen LogP contribution in [0.25, 0.3) is 0 Å². The number of hydrogen-bond acceptors (Lipinski definition) is 3. The molecule has 22 heavy (non-hydrogen) atoms. The van der Waals surface area contributed by atoms with E-state index in [0.29, 0.717) is 11.8 Å². The Hall–Kier alpha value is -1.36. The Morgan fingerprint density at radius 1 is 1.36 bits per heavy atom. The number of likely N-dealkylation sites (tertiary alicyclic amines) is 1. The molecular weight excluding hydrogens is 278 g/mol. The van der Waals surface area contributed by atoms with Crippen LogP contribution < -0.4 is 0 Å². The van der Waals surface area contributed by atoms with Crippen molar-refractivity contribution in [1.82, 2.24) is 14.5 Å². The van der Waals surface area contributed by atoms with Crippen molar-refractivity contribution in [2.24, 2.45) is 11.8 Å². The van der Waals surface area contributed by atoms with Gasteiger partial charge in [-0.25, -0.2) is 4.98 Å². The SMILES string of the molecule is Cc1cnc(C2CCOCC2)n1CC1CN(C(=O)C(C)C)C1. The van der Waals surface area contributed by atoms with Crippen LogP contribution in [-0.2, 0) is 16.1 Å². The van der Waals surface area contributed by atoms with E-state index in [9.17, 15) is 4.79 Å². The quantitative estimate of drug-likeness (QED) is 0.857. The molecule has 0 aliphatic carbocycles. The molecule has 2 aliphatic rings. The minimum atomic E-state index is 0.105. The van der Waals surface area contributed by atoms with E-state index < -0.39 is 0 Å². The summed E-state index contributed by atoms with van der Waals surface area (Å²) in [6.07, 6.45) is 4.12. The van der Waals surface area contributed by atoms with Gasteiger partial charge in [-0.05, 0) is 19.8 Å². The van der Waals surface area contributed by atoms with E-state index in [1.54, 1.807) is 0 Å². The smallest absolute Gasteiger partial charge is 0.225 e. The maximum absolute atomic E-state index is 11.9. The average molecular weight is 305 g/mol. The molecule has 0 radical (unpaired) electrons. The van der Waals surface area contributed by atoms with Crippen LogP contribution >= 0.6 is 0 Å². The van der Waals surface area contributed by atoms with Crippen LogP contribution in [0.15, 0.2) is 6.20 Å². The van der Waals surface area contributed by atoms with E-state index in [1.807, 2.05) is 24.9 Å². The molecule has 1 aromatic rings. The molecule has 2 saturated heterocycles. The maximum Gasteiger partial charge on any atom is 0.225 e. The predicted molar refractivity (Wildman–Crippen MR) is 84.7 cm³/mol. The molecule has 3 rings (SSSR count). The molecule has 122 valence electrons. The third-order valence-electron chi connectivity index (χ3n) is 4.88. The number of aryl methyl sites for hydroxylation is 1. The Labute approximate surface area is 132 Å². The summed E-state index contributed by atoms with van der Waals surface area (Å²) in [7, 11) is 0. The van der Waals surface area contributed by atoms with Crippen molar-refractivity contribution >= 4 is 5.91 Å². The third kappa shape index (κ3) is 3.05. The largest absolute Gasteiger partial charge is 0.381 e. The second kappa shape index (κ2) is 6.41. The van der Waals surface area contributed by atoms with Crippen LogP contribution in [0.5, 0.6) is 0 Å². The first kappa shape index (κ1) is 15.5. The summed E-state index contributed by atoms with van der Waals surface area (Å²) in [4.78, 5) is 18.6. The van der Waals surface area contributed by atoms with Gasteiger partial charge in [-0.1, -0.05) is 13.8 Å². The van der Waals surface area contributed by atoms with E-state index in [1.165, 1.54) is 11.5 Å². The highest BCUT2D eigenvalue weighted by atomic mass is 16.5. The lowest BCUT2D eigenvalue weighted by Gasteiger charge is -2.41. The highest BCUT2D eigenvalue weighted by molar-refractivity contribution is 5.78. The zero-order chi connectivity index (χ0) is 15.7. The number of rotatable bonds is 4. The Bertz CT molecular complexity index is 526. The fourth-order valence-corrected chi connectivity index (χ4v) is 3.49. The number of aromatic nitrogens is 2. The first-order valence-electron chi connectivity index (χ1n) is 8.44. The fraction of sp³-hybridized carbons (Fsp3) is 0.765. The molecule has 1 amide bonds. The summed E-state index contributed by atoms with van der Waals surface area (Å²) in [5.74, 6) is 2.69. The van der Waals surface area contributed by atoms with Crippen molar-refractivity contribution in [3.05, 3.63) is 17.7 Å². The van der Waals surface area contributed by atoms with Crippen molar-refractivity contribution in [2.75, 3.05) is 26.3 Å². The summed E-state index contributed by atoms with van der Waals surface area (Å²) in [5.41, 5.74) is 1.23. The van der Waals surface area contributed by atoms with Crippen LogP contribution in [0.1, 0.15) is 44.1 Å². The first-order valence-corrected chi connectivity index (χ1v) is 8.44. The van der Waals surface area contributed by atoms with Crippen LogP contribution in [-0.4, -0.2) is 46.7 Å². The van der Waals surface area contributed by atoms with Gasteiger partial charge in [0.05, 0.1) is 0 Å². The summed E-state index contributed by atoms with van der Waals surface area (Å²) in [5, 5.41) is 0. The van der Waals surface area contributed by atoms with Gasteiger partial charge < -0.3 is 14.2 Å². The monoisotopic (exact) mass is 305 g/mol. The van der Waals surface area contributed by atoms with Crippen molar-refractivity contribution in [3.63, 3.8) is 0 Å². The number of carbonyl (C=O) groups is 1. The maximum atomic E-state index is 11.9. The Morgan fingerprint density at radius 3 is 2.68 bits per heavy atom. The van der Waals surface area contributed by atoms with E-state index in [0.717, 1.165) is 45.7 Å². The molecular formula is C17H27N3O2. The summed E-state index contributed by atoms with van der Waals surface area (Å²) < 4.78 is 7.84. The number of carbonyl (C=O) groups excluding carboxylic acids is 1. The lowest BCUT2D eigenvalue weighted by Crippen LogP contribution is -2.52. The van der Waals surface area contributed by atoms with E-state index in [2.05, 4.69) is 16.5 Å². The van der Waals surface area contributed by atoms with Gasteiger partial charge in [0.25, 0.3) is 0 Å². The number of hydrogen-bond donors (Lipinski definition) is 0. The zero-order valence-electron chi connectivity index (χ0n) is 13.9. The molecule has 0 atom stereocenters. The van der Waals surface area contributed by atoms with Crippen LogP contribution in [0.4, 0.5) is 0 Å². The van der Waals surface area contributed by atoms with E-state index >= 15 is 0 Å². The van der Waals surface area contributed by atoms with Crippen LogP contribution in [0.2, 0.25) is 0 Å². The molecule has 5 nitrogen and oxygen atoms in total. The number of imidazole rings is 1. The Kier molecular flexibility index (Phi) is 4.52. The molecule has 5 heteroatoms. The van der Waals surface area contributed by atoms with E-state index in [4.69, 9.17) is 4.74 Å². The number of ether oxygens (including phenoxy) is 1. The van der Waals surface area contributed by atoms with Gasteiger partial charge in [0.2, 0.25) is 5.91 Å². The highest BCUT2D eigenvalue weighted by Crippen LogP contribution is 2.28. The first-order chi connectivity index (χ1) is 10.6. The van der Waals surface area contributed by atoms with Gasteiger partial charge in [-0.2, -0.15) is 0 Å². The van der Waals surface area contributed by atoms with Crippen molar-refractivity contribution in [2.45, 2.75) is 46.1 Å². The molecule has 0 bridgehead atoms. The van der Waals surface area contributed by atoms with E-state index in [-0.39, 0.29) is 11.8 Å². The van der Waals surface area contributed by atoms with Gasteiger partial charge in [0, 0.05) is 62.5 Å². The molecule has 0 spiro atoms. The van der Waals surface area contributed by atoms with Crippen molar-refractivity contribution in [3.8, 4) is 0 Å². The summed E-state index contributed by atoms with van der Waals surface area (Å²) in [6, 6.07) is 0. The van der Waals surface area contributed by atoms with Crippen molar-refractivity contribution in [1.29, 1.82) is 0 Å². The lowest BCUT2D eigenvalue weighted by molar-refractivity contribution is -0.141. The number of nitrogens with zero attached hydrogens (tertiary/aromatic N) is 3. The number of amides is 1. The minimum Gasteiger partial charge on any atom is -0.381 e. The fourth-order valence-electron chi connectivity index (χ4n) is 3.49. The summed E-state index contributed by atoms with van der Waals surface area (Å²) >= 11 is 0. The standard InChI is InChI=1S/C17H27N3O2/c1-12(2)17(21)19-9-14(10-19)11-20-13(3)8-18-16(20)15-4-6-22-7-5-15/h8,12,14-15H,4-7,9-11H2,1-3H3. The zero-order valence-corrected chi connectivity index (χ0v) is 13.9. The normalized spacial score (nSPS) is 20.5. The Morgan fingerprint density at radius 2 is 2.05 bits per heavy atom.